The maximum absolute atomic E-state index is 10.3. The second-order valence-electron chi connectivity index (χ2n) is 9.77. The summed E-state index contributed by atoms with van der Waals surface area (Å²) in [6.45, 7) is 4.74. The van der Waals surface area contributed by atoms with Crippen molar-refractivity contribution in [2.45, 2.75) is 63.0 Å². The molecule has 6 atom stereocenters. The van der Waals surface area contributed by atoms with Crippen LogP contribution >= 0.6 is 0 Å². The summed E-state index contributed by atoms with van der Waals surface area (Å²) in [4.78, 5) is 3.08. The zero-order valence-corrected chi connectivity index (χ0v) is 23.0. The molecule has 41 heavy (non-hydrogen) atoms. The van der Waals surface area contributed by atoms with E-state index in [1.807, 2.05) is 91.0 Å². The molecule has 0 radical (unpaired) electrons. The van der Waals surface area contributed by atoms with Crippen molar-refractivity contribution in [3.63, 3.8) is 0 Å². The highest BCUT2D eigenvalue weighted by molar-refractivity contribution is 5.15. The lowest BCUT2D eigenvalue weighted by molar-refractivity contribution is -0.289. The normalized spacial score (nSPS) is 22.9. The maximum Gasteiger partial charge on any atom is 0.169 e. The SMILES string of the molecule is C=CC[C@H](O)CO[C@@H]1O[C@H](COCc2ccccc2)[C@@H](OCc2ccccc2)[C@H](OCc2ccccc2)[C@@H]1N=[N+]=[N-]. The second kappa shape index (κ2) is 16.7. The Morgan fingerprint density at radius 1 is 0.829 bits per heavy atom. The molecule has 1 heterocycles. The van der Waals surface area contributed by atoms with Crippen molar-refractivity contribution in [3.8, 4) is 0 Å². The second-order valence-corrected chi connectivity index (χ2v) is 9.77. The van der Waals surface area contributed by atoms with E-state index in [2.05, 4.69) is 16.6 Å². The van der Waals surface area contributed by atoms with Crippen LogP contribution in [0.1, 0.15) is 23.1 Å². The molecule has 0 saturated carbocycles. The fourth-order valence-corrected chi connectivity index (χ4v) is 4.61. The standard InChI is InChI=1S/C32H37N3O6/c1-2-12-27(36)22-40-32-29(34-35-33)31(39-21-26-17-10-5-11-18-26)30(38-20-25-15-8-4-9-16-25)28(41-32)23-37-19-24-13-6-3-7-14-24/h2-11,13-18,27-32,36H,1,12,19-23H2/t27-,28+,29-,30+,31+,32+/m0/s1. The number of benzene rings is 3. The number of rotatable bonds is 16. The molecule has 1 fully saturated rings. The van der Waals surface area contributed by atoms with Gasteiger partial charge in [-0.2, -0.15) is 0 Å². The van der Waals surface area contributed by atoms with Crippen molar-refractivity contribution in [1.29, 1.82) is 0 Å². The lowest BCUT2D eigenvalue weighted by Gasteiger charge is -2.44. The molecule has 0 spiro atoms. The molecule has 4 rings (SSSR count). The molecule has 0 aromatic heterocycles. The van der Waals surface area contributed by atoms with Crippen LogP contribution in [-0.4, -0.2) is 55.1 Å². The van der Waals surface area contributed by atoms with Gasteiger partial charge in [0, 0.05) is 4.91 Å². The molecular weight excluding hydrogens is 522 g/mol. The van der Waals surface area contributed by atoms with Gasteiger partial charge in [-0.3, -0.25) is 0 Å². The van der Waals surface area contributed by atoms with E-state index in [0.717, 1.165) is 16.7 Å². The van der Waals surface area contributed by atoms with E-state index in [1.54, 1.807) is 6.08 Å². The lowest BCUT2D eigenvalue weighted by Crippen LogP contribution is -2.60. The number of hydrogen-bond donors (Lipinski definition) is 1. The van der Waals surface area contributed by atoms with Crippen molar-refractivity contribution in [1.82, 2.24) is 0 Å². The van der Waals surface area contributed by atoms with Gasteiger partial charge in [-0.1, -0.05) is 102 Å². The molecule has 1 aliphatic heterocycles. The molecule has 3 aromatic rings. The van der Waals surface area contributed by atoms with Crippen LogP contribution in [0.5, 0.6) is 0 Å². The molecule has 1 saturated heterocycles. The minimum atomic E-state index is -0.993. The minimum absolute atomic E-state index is 0.0350. The first-order valence-electron chi connectivity index (χ1n) is 13.7. The number of nitrogens with zero attached hydrogens (tertiary/aromatic N) is 3. The molecule has 1 aliphatic rings. The number of aliphatic hydroxyl groups is 1. The fourth-order valence-electron chi connectivity index (χ4n) is 4.61. The van der Waals surface area contributed by atoms with Crippen LogP contribution in [0.4, 0.5) is 0 Å². The van der Waals surface area contributed by atoms with Crippen LogP contribution in [0.15, 0.2) is 109 Å². The van der Waals surface area contributed by atoms with E-state index in [9.17, 15) is 10.6 Å². The average Bonchev–Trinajstić information content (AvgIpc) is 3.01. The summed E-state index contributed by atoms with van der Waals surface area (Å²) in [5, 5.41) is 14.3. The summed E-state index contributed by atoms with van der Waals surface area (Å²) >= 11 is 0. The summed E-state index contributed by atoms with van der Waals surface area (Å²) in [6.07, 6.45) is -1.81. The first-order valence-corrected chi connectivity index (χ1v) is 13.7. The largest absolute Gasteiger partial charge is 0.390 e. The maximum atomic E-state index is 10.3. The van der Waals surface area contributed by atoms with Gasteiger partial charge in [0.05, 0.1) is 39.1 Å². The van der Waals surface area contributed by atoms with Crippen LogP contribution in [0.2, 0.25) is 0 Å². The predicted octanol–water partition coefficient (Wildman–Crippen LogP) is 5.73. The van der Waals surface area contributed by atoms with Crippen molar-refractivity contribution in [3.05, 3.63) is 131 Å². The summed E-state index contributed by atoms with van der Waals surface area (Å²) in [6, 6.07) is 28.5. The lowest BCUT2D eigenvalue weighted by atomic mass is 9.96. The molecule has 216 valence electrons. The van der Waals surface area contributed by atoms with Crippen LogP contribution in [0.3, 0.4) is 0 Å². The van der Waals surface area contributed by atoms with E-state index in [-0.39, 0.29) is 19.8 Å². The number of aliphatic hydroxyl groups excluding tert-OH is 1. The molecule has 0 aliphatic carbocycles. The third-order valence-corrected chi connectivity index (χ3v) is 6.66. The van der Waals surface area contributed by atoms with Gasteiger partial charge >= 0.3 is 0 Å². The smallest absolute Gasteiger partial charge is 0.169 e. The molecule has 3 aromatic carbocycles. The summed E-state index contributed by atoms with van der Waals surface area (Å²) in [7, 11) is 0. The van der Waals surface area contributed by atoms with Crippen LogP contribution < -0.4 is 0 Å². The predicted molar refractivity (Wildman–Crippen MR) is 155 cm³/mol. The molecular formula is C32H37N3O6. The molecule has 0 amide bonds. The van der Waals surface area contributed by atoms with Crippen LogP contribution in [0.25, 0.3) is 10.4 Å². The van der Waals surface area contributed by atoms with Crippen molar-refractivity contribution in [2.24, 2.45) is 5.11 Å². The van der Waals surface area contributed by atoms with E-state index < -0.39 is 36.7 Å². The van der Waals surface area contributed by atoms with Gasteiger partial charge in [-0.15, -0.1) is 6.58 Å². The van der Waals surface area contributed by atoms with Gasteiger partial charge in [0.15, 0.2) is 6.29 Å². The molecule has 9 heteroatoms. The van der Waals surface area contributed by atoms with E-state index in [1.165, 1.54) is 0 Å². The van der Waals surface area contributed by atoms with Gasteiger partial charge < -0.3 is 28.8 Å². The topological polar surface area (TPSA) is 115 Å². The van der Waals surface area contributed by atoms with Crippen molar-refractivity contribution in [2.75, 3.05) is 13.2 Å². The van der Waals surface area contributed by atoms with Crippen LogP contribution in [-0.2, 0) is 43.5 Å². The van der Waals surface area contributed by atoms with Gasteiger partial charge in [-0.05, 0) is 28.6 Å². The third kappa shape index (κ3) is 9.52. The Labute approximate surface area is 240 Å². The molecule has 0 unspecified atom stereocenters. The van der Waals surface area contributed by atoms with E-state index in [4.69, 9.17) is 23.7 Å². The van der Waals surface area contributed by atoms with Crippen molar-refractivity contribution < 1.29 is 28.8 Å². The van der Waals surface area contributed by atoms with E-state index >= 15 is 0 Å². The highest BCUT2D eigenvalue weighted by Crippen LogP contribution is 2.31. The molecule has 9 nitrogen and oxygen atoms in total. The van der Waals surface area contributed by atoms with Crippen LogP contribution in [0, 0.1) is 0 Å². The number of hydrogen-bond acceptors (Lipinski definition) is 7. The quantitative estimate of drug-likeness (QED) is 0.104. The Hall–Kier alpha value is -3.53. The molecule has 1 N–H and O–H groups in total. The minimum Gasteiger partial charge on any atom is -0.390 e. The summed E-state index contributed by atoms with van der Waals surface area (Å²) in [5.74, 6) is 0. The highest BCUT2D eigenvalue weighted by atomic mass is 16.7. The number of ether oxygens (including phenoxy) is 5. The van der Waals surface area contributed by atoms with Gasteiger partial charge in [-0.25, -0.2) is 0 Å². The Morgan fingerprint density at radius 3 is 1.90 bits per heavy atom. The highest BCUT2D eigenvalue weighted by Gasteiger charge is 2.48. The van der Waals surface area contributed by atoms with Gasteiger partial charge in [0.25, 0.3) is 0 Å². The Kier molecular flexibility index (Phi) is 12.4. The zero-order chi connectivity index (χ0) is 28.7. The average molecular weight is 560 g/mol. The zero-order valence-electron chi connectivity index (χ0n) is 23.0. The first kappa shape index (κ1) is 30.4. The first-order chi connectivity index (χ1) is 20.2. The Balaban J connectivity index is 1.59. The van der Waals surface area contributed by atoms with E-state index in [0.29, 0.717) is 19.6 Å². The Morgan fingerprint density at radius 2 is 1.37 bits per heavy atom. The number of azide groups is 1. The van der Waals surface area contributed by atoms with Gasteiger partial charge in [0.1, 0.15) is 24.4 Å². The summed E-state index contributed by atoms with van der Waals surface area (Å²) in [5.41, 5.74) is 12.4. The van der Waals surface area contributed by atoms with Gasteiger partial charge in [0.2, 0.25) is 0 Å². The summed E-state index contributed by atoms with van der Waals surface area (Å²) < 4.78 is 31.3. The molecule has 0 bridgehead atoms. The van der Waals surface area contributed by atoms with Crippen molar-refractivity contribution >= 4 is 0 Å². The monoisotopic (exact) mass is 559 g/mol. The Bertz CT molecular complexity index is 1210. The third-order valence-electron chi connectivity index (χ3n) is 6.66. The fraction of sp³-hybridized carbons (Fsp3) is 0.375.